The highest BCUT2D eigenvalue weighted by Gasteiger charge is 2.11. The summed E-state index contributed by atoms with van der Waals surface area (Å²) < 4.78 is 4.95. The Labute approximate surface area is 123 Å². The number of phenols is 1. The summed E-state index contributed by atoms with van der Waals surface area (Å²) in [5, 5.41) is 12.5. The lowest BCUT2D eigenvalue weighted by atomic mass is 10.1. The first-order chi connectivity index (χ1) is 9.92. The number of nitrogens with two attached hydrogens (primary N) is 1. The molecule has 0 fully saturated rings. The smallest absolute Gasteiger partial charge is 0.255 e. The van der Waals surface area contributed by atoms with Gasteiger partial charge in [0.1, 0.15) is 0 Å². The molecule has 4 N–H and O–H groups in total. The lowest BCUT2D eigenvalue weighted by Gasteiger charge is -2.12. The molecule has 0 saturated carbocycles. The molecule has 0 aliphatic heterocycles. The number of benzene rings is 2. The maximum Gasteiger partial charge on any atom is 0.255 e. The molecule has 0 aliphatic carbocycles. The number of ether oxygens (including phenoxy) is 1. The number of rotatable bonds is 3. The molecule has 1 amide bonds. The van der Waals surface area contributed by atoms with Crippen molar-refractivity contribution in [1.82, 2.24) is 0 Å². The quantitative estimate of drug-likeness (QED) is 0.757. The van der Waals surface area contributed by atoms with E-state index in [1.807, 2.05) is 26.0 Å². The van der Waals surface area contributed by atoms with Crippen LogP contribution in [0.25, 0.3) is 0 Å². The average Bonchev–Trinajstić information content (AvgIpc) is 2.44. The summed E-state index contributed by atoms with van der Waals surface area (Å²) in [4.78, 5) is 12.2. The van der Waals surface area contributed by atoms with Gasteiger partial charge >= 0.3 is 0 Å². The summed E-state index contributed by atoms with van der Waals surface area (Å²) in [5.41, 5.74) is 9.33. The molecule has 21 heavy (non-hydrogen) atoms. The number of aromatic hydroxyl groups is 1. The summed E-state index contributed by atoms with van der Waals surface area (Å²) in [6.45, 7) is 3.75. The number of carbonyl (C=O) groups excluding carboxylic acids is 1. The Morgan fingerprint density at radius 3 is 2.52 bits per heavy atom. The first kappa shape index (κ1) is 14.7. The Bertz CT molecular complexity index is 696. The third-order valence-electron chi connectivity index (χ3n) is 3.30. The van der Waals surface area contributed by atoms with E-state index in [-0.39, 0.29) is 11.7 Å². The number of anilines is 2. The molecule has 0 aromatic heterocycles. The standard InChI is InChI=1S/C16H18N2O3/c1-9-7-13(10(2)6-12(9)17)18-16(20)11-4-5-15(21-3)14(19)8-11/h4-8,19H,17H2,1-3H3,(H,18,20). The van der Waals surface area contributed by atoms with Crippen LogP contribution in [0.1, 0.15) is 21.5 Å². The van der Waals surface area contributed by atoms with Crippen LogP contribution in [0, 0.1) is 13.8 Å². The van der Waals surface area contributed by atoms with Gasteiger partial charge in [0.05, 0.1) is 7.11 Å². The van der Waals surface area contributed by atoms with Crippen LogP contribution >= 0.6 is 0 Å². The number of phenolic OH excluding ortho intramolecular Hbond substituents is 1. The SMILES string of the molecule is COc1ccc(C(=O)Nc2cc(C)c(N)cc2C)cc1O. The molecule has 0 unspecified atom stereocenters. The molecule has 0 atom stereocenters. The van der Waals surface area contributed by atoms with E-state index < -0.39 is 0 Å². The van der Waals surface area contributed by atoms with Gasteiger partial charge in [0.25, 0.3) is 5.91 Å². The van der Waals surface area contributed by atoms with E-state index in [0.29, 0.717) is 22.7 Å². The molecule has 0 radical (unpaired) electrons. The second-order valence-electron chi connectivity index (χ2n) is 4.86. The van der Waals surface area contributed by atoms with Crippen LogP contribution in [-0.4, -0.2) is 18.1 Å². The van der Waals surface area contributed by atoms with Gasteiger partial charge in [-0.1, -0.05) is 0 Å². The third kappa shape index (κ3) is 3.08. The molecule has 0 spiro atoms. The van der Waals surface area contributed by atoms with Crippen LogP contribution in [0.2, 0.25) is 0 Å². The summed E-state index contributed by atoms with van der Waals surface area (Å²) in [5.74, 6) is -0.0540. The second-order valence-corrected chi connectivity index (χ2v) is 4.86. The minimum atomic E-state index is -0.305. The van der Waals surface area contributed by atoms with Gasteiger partial charge in [0.2, 0.25) is 0 Å². The van der Waals surface area contributed by atoms with Crippen molar-refractivity contribution in [3.8, 4) is 11.5 Å². The molecule has 2 rings (SSSR count). The van der Waals surface area contributed by atoms with Crippen LogP contribution < -0.4 is 15.8 Å². The van der Waals surface area contributed by atoms with Crippen molar-refractivity contribution in [2.75, 3.05) is 18.2 Å². The first-order valence-electron chi connectivity index (χ1n) is 6.47. The number of methoxy groups -OCH3 is 1. The van der Waals surface area contributed by atoms with E-state index in [1.165, 1.54) is 13.2 Å². The van der Waals surface area contributed by atoms with Crippen molar-refractivity contribution in [3.63, 3.8) is 0 Å². The van der Waals surface area contributed by atoms with E-state index in [9.17, 15) is 9.90 Å². The maximum atomic E-state index is 12.2. The predicted octanol–water partition coefficient (Wildman–Crippen LogP) is 2.85. The zero-order valence-electron chi connectivity index (χ0n) is 12.2. The topological polar surface area (TPSA) is 84.6 Å². The zero-order valence-corrected chi connectivity index (χ0v) is 12.2. The summed E-state index contributed by atoms with van der Waals surface area (Å²) >= 11 is 0. The number of carbonyl (C=O) groups is 1. The summed E-state index contributed by atoms with van der Waals surface area (Å²) in [7, 11) is 1.45. The van der Waals surface area contributed by atoms with Gasteiger partial charge < -0.3 is 20.9 Å². The van der Waals surface area contributed by atoms with Gasteiger partial charge in [-0.25, -0.2) is 0 Å². The number of amides is 1. The van der Waals surface area contributed by atoms with Crippen LogP contribution in [-0.2, 0) is 0 Å². The van der Waals surface area contributed by atoms with E-state index in [0.717, 1.165) is 11.1 Å². The molecular formula is C16H18N2O3. The monoisotopic (exact) mass is 286 g/mol. The molecule has 0 aliphatic rings. The molecular weight excluding hydrogens is 268 g/mol. The number of hydrogen-bond donors (Lipinski definition) is 3. The molecule has 0 saturated heterocycles. The lowest BCUT2D eigenvalue weighted by molar-refractivity contribution is 0.102. The van der Waals surface area contributed by atoms with Crippen molar-refractivity contribution in [3.05, 3.63) is 47.0 Å². The van der Waals surface area contributed by atoms with E-state index in [4.69, 9.17) is 10.5 Å². The molecule has 0 bridgehead atoms. The van der Waals surface area contributed by atoms with Crippen molar-refractivity contribution in [2.24, 2.45) is 0 Å². The van der Waals surface area contributed by atoms with Crippen LogP contribution in [0.4, 0.5) is 11.4 Å². The number of nitrogens with one attached hydrogen (secondary N) is 1. The van der Waals surface area contributed by atoms with Crippen molar-refractivity contribution in [2.45, 2.75) is 13.8 Å². The third-order valence-corrected chi connectivity index (χ3v) is 3.30. The second kappa shape index (κ2) is 5.75. The molecule has 110 valence electrons. The Morgan fingerprint density at radius 2 is 1.90 bits per heavy atom. The molecule has 2 aromatic carbocycles. The Morgan fingerprint density at radius 1 is 1.19 bits per heavy atom. The Balaban J connectivity index is 2.26. The maximum absolute atomic E-state index is 12.2. The van der Waals surface area contributed by atoms with Crippen molar-refractivity contribution >= 4 is 17.3 Å². The Kier molecular flexibility index (Phi) is 4.03. The van der Waals surface area contributed by atoms with Crippen molar-refractivity contribution in [1.29, 1.82) is 0 Å². The largest absolute Gasteiger partial charge is 0.504 e. The van der Waals surface area contributed by atoms with Crippen LogP contribution in [0.3, 0.4) is 0 Å². The van der Waals surface area contributed by atoms with Crippen LogP contribution in [0.5, 0.6) is 11.5 Å². The van der Waals surface area contributed by atoms with Crippen LogP contribution in [0.15, 0.2) is 30.3 Å². The normalized spacial score (nSPS) is 10.2. The lowest BCUT2D eigenvalue weighted by Crippen LogP contribution is -2.13. The van der Waals surface area contributed by atoms with E-state index in [2.05, 4.69) is 5.32 Å². The fourth-order valence-electron chi connectivity index (χ4n) is 2.00. The first-order valence-corrected chi connectivity index (χ1v) is 6.47. The van der Waals surface area contributed by atoms with Gasteiger partial charge in [0, 0.05) is 16.9 Å². The number of aryl methyl sites for hydroxylation is 2. The molecule has 2 aromatic rings. The zero-order chi connectivity index (χ0) is 15.6. The minimum absolute atomic E-state index is 0.0737. The molecule has 5 nitrogen and oxygen atoms in total. The fraction of sp³-hybridized carbons (Fsp3) is 0.188. The average molecular weight is 286 g/mol. The Hall–Kier alpha value is -2.69. The highest BCUT2D eigenvalue weighted by Crippen LogP contribution is 2.27. The molecule has 5 heteroatoms. The van der Waals surface area contributed by atoms with E-state index >= 15 is 0 Å². The van der Waals surface area contributed by atoms with E-state index in [1.54, 1.807) is 12.1 Å². The summed E-state index contributed by atoms with van der Waals surface area (Å²) in [6.07, 6.45) is 0. The highest BCUT2D eigenvalue weighted by atomic mass is 16.5. The van der Waals surface area contributed by atoms with Gasteiger partial charge in [-0.15, -0.1) is 0 Å². The van der Waals surface area contributed by atoms with Gasteiger partial charge in [-0.05, 0) is 55.3 Å². The van der Waals surface area contributed by atoms with Gasteiger partial charge in [0.15, 0.2) is 11.5 Å². The van der Waals surface area contributed by atoms with Gasteiger partial charge in [-0.3, -0.25) is 4.79 Å². The predicted molar refractivity (Wildman–Crippen MR) is 82.9 cm³/mol. The highest BCUT2D eigenvalue weighted by molar-refractivity contribution is 6.05. The summed E-state index contributed by atoms with van der Waals surface area (Å²) in [6, 6.07) is 8.15. The number of nitrogen functional groups attached to an aromatic ring is 1. The minimum Gasteiger partial charge on any atom is -0.504 e. The van der Waals surface area contributed by atoms with Crippen molar-refractivity contribution < 1.29 is 14.6 Å². The molecule has 0 heterocycles. The number of hydrogen-bond acceptors (Lipinski definition) is 4. The fourth-order valence-corrected chi connectivity index (χ4v) is 2.00. The van der Waals surface area contributed by atoms with Gasteiger partial charge in [-0.2, -0.15) is 0 Å².